The summed E-state index contributed by atoms with van der Waals surface area (Å²) in [6, 6.07) is 19.1. The van der Waals surface area contributed by atoms with Crippen molar-refractivity contribution in [2.24, 2.45) is 0 Å². The molecular formula is C17H18O. The molecule has 0 saturated heterocycles. The number of hydrogen-bond acceptors (Lipinski definition) is 1. The molecule has 0 aromatic heterocycles. The number of hydrogen-bond donors (Lipinski definition) is 0. The van der Waals surface area contributed by atoms with Gasteiger partial charge in [0.05, 0.1) is 0 Å². The highest BCUT2D eigenvalue weighted by molar-refractivity contribution is 5.63. The van der Waals surface area contributed by atoms with Crippen molar-refractivity contribution in [3.63, 3.8) is 0 Å². The van der Waals surface area contributed by atoms with Gasteiger partial charge in [0.25, 0.3) is 0 Å². The first-order valence-corrected chi connectivity index (χ1v) is 6.48. The van der Waals surface area contributed by atoms with E-state index < -0.39 is 0 Å². The maximum absolute atomic E-state index is 10.3. The summed E-state index contributed by atoms with van der Waals surface area (Å²) in [5.41, 5.74) is 3.87. The van der Waals surface area contributed by atoms with Crippen LogP contribution >= 0.6 is 0 Å². The molecule has 0 aliphatic carbocycles. The van der Waals surface area contributed by atoms with Gasteiger partial charge in [0.2, 0.25) is 0 Å². The molecule has 18 heavy (non-hydrogen) atoms. The van der Waals surface area contributed by atoms with Crippen molar-refractivity contribution in [1.29, 1.82) is 0 Å². The summed E-state index contributed by atoms with van der Waals surface area (Å²) < 4.78 is 0. The molecule has 0 bridgehead atoms. The van der Waals surface area contributed by atoms with Gasteiger partial charge < -0.3 is 4.79 Å². The molecule has 0 N–H and O–H groups in total. The number of carbonyl (C=O) groups excluding carboxylic acids is 1. The Balaban J connectivity index is 2.04. The Hall–Kier alpha value is -1.89. The third-order valence-corrected chi connectivity index (χ3v) is 3.07. The zero-order chi connectivity index (χ0) is 12.6. The average Bonchev–Trinajstić information content (AvgIpc) is 2.45. The van der Waals surface area contributed by atoms with Gasteiger partial charge in [-0.1, -0.05) is 54.6 Å². The number of aryl methyl sites for hydroxylation is 1. The van der Waals surface area contributed by atoms with Crippen LogP contribution in [0.25, 0.3) is 11.1 Å². The molecule has 0 aliphatic heterocycles. The highest BCUT2D eigenvalue weighted by Gasteiger charge is 1.98. The van der Waals surface area contributed by atoms with Crippen molar-refractivity contribution < 1.29 is 4.79 Å². The smallest absolute Gasteiger partial charge is 0.119 e. The first-order valence-electron chi connectivity index (χ1n) is 6.48. The number of benzene rings is 2. The monoisotopic (exact) mass is 238 g/mol. The Morgan fingerprint density at radius 2 is 1.61 bits per heavy atom. The summed E-state index contributed by atoms with van der Waals surface area (Å²) in [6.45, 7) is 0. The van der Waals surface area contributed by atoms with Gasteiger partial charge in [-0.2, -0.15) is 0 Å². The SMILES string of the molecule is O=CCCCCc1cccc(-c2ccccc2)c1. The Morgan fingerprint density at radius 1 is 0.833 bits per heavy atom. The summed E-state index contributed by atoms with van der Waals surface area (Å²) in [7, 11) is 0. The Kier molecular flexibility index (Phi) is 4.71. The van der Waals surface area contributed by atoms with E-state index in [1.54, 1.807) is 0 Å². The van der Waals surface area contributed by atoms with Gasteiger partial charge in [0.1, 0.15) is 6.29 Å². The lowest BCUT2D eigenvalue weighted by molar-refractivity contribution is -0.107. The molecule has 1 heteroatoms. The maximum Gasteiger partial charge on any atom is 0.119 e. The largest absolute Gasteiger partial charge is 0.303 e. The minimum Gasteiger partial charge on any atom is -0.303 e. The molecule has 0 atom stereocenters. The number of aldehydes is 1. The second-order valence-corrected chi connectivity index (χ2v) is 4.48. The zero-order valence-electron chi connectivity index (χ0n) is 10.5. The lowest BCUT2D eigenvalue weighted by Gasteiger charge is -2.05. The predicted molar refractivity (Wildman–Crippen MR) is 75.5 cm³/mol. The molecular weight excluding hydrogens is 220 g/mol. The minimum absolute atomic E-state index is 0.679. The molecule has 1 nitrogen and oxygen atoms in total. The molecule has 0 unspecified atom stereocenters. The Labute approximate surface area is 108 Å². The van der Waals surface area contributed by atoms with E-state index in [1.807, 2.05) is 6.07 Å². The van der Waals surface area contributed by atoms with Crippen LogP contribution in [0.2, 0.25) is 0 Å². The van der Waals surface area contributed by atoms with E-state index in [-0.39, 0.29) is 0 Å². The predicted octanol–water partition coefficient (Wildman–Crippen LogP) is 4.27. The topological polar surface area (TPSA) is 17.1 Å². The fraction of sp³-hybridized carbons (Fsp3) is 0.235. The van der Waals surface area contributed by atoms with Crippen LogP contribution in [0.15, 0.2) is 54.6 Å². The summed E-state index contributed by atoms with van der Waals surface area (Å²) in [4.78, 5) is 10.3. The fourth-order valence-electron chi connectivity index (χ4n) is 2.09. The minimum atomic E-state index is 0.679. The molecule has 2 rings (SSSR count). The van der Waals surface area contributed by atoms with Gasteiger partial charge in [0, 0.05) is 6.42 Å². The van der Waals surface area contributed by atoms with Gasteiger partial charge in [-0.05, 0) is 36.0 Å². The standard InChI is InChI=1S/C17H18O/c18-13-6-2-3-8-15-9-7-12-17(14-15)16-10-4-1-5-11-16/h1,4-5,7,9-14H,2-3,6,8H2. The van der Waals surface area contributed by atoms with E-state index in [9.17, 15) is 4.79 Å². The van der Waals surface area contributed by atoms with E-state index in [0.717, 1.165) is 25.5 Å². The van der Waals surface area contributed by atoms with Crippen LogP contribution in [0.5, 0.6) is 0 Å². The molecule has 2 aromatic rings. The van der Waals surface area contributed by atoms with Crippen LogP contribution in [-0.4, -0.2) is 6.29 Å². The van der Waals surface area contributed by atoms with Gasteiger partial charge in [-0.3, -0.25) is 0 Å². The van der Waals surface area contributed by atoms with Crippen molar-refractivity contribution in [3.8, 4) is 11.1 Å². The molecule has 0 amide bonds. The van der Waals surface area contributed by atoms with E-state index in [1.165, 1.54) is 16.7 Å². The van der Waals surface area contributed by atoms with Gasteiger partial charge in [0.15, 0.2) is 0 Å². The van der Waals surface area contributed by atoms with E-state index >= 15 is 0 Å². The van der Waals surface area contributed by atoms with Gasteiger partial charge >= 0.3 is 0 Å². The molecule has 0 aliphatic rings. The summed E-state index contributed by atoms with van der Waals surface area (Å²) in [5.74, 6) is 0. The third kappa shape index (κ3) is 3.56. The van der Waals surface area contributed by atoms with Gasteiger partial charge in [-0.25, -0.2) is 0 Å². The fourth-order valence-corrected chi connectivity index (χ4v) is 2.09. The zero-order valence-corrected chi connectivity index (χ0v) is 10.5. The second kappa shape index (κ2) is 6.75. The molecule has 0 spiro atoms. The number of carbonyl (C=O) groups is 1. The normalized spacial score (nSPS) is 10.2. The molecule has 0 radical (unpaired) electrons. The van der Waals surface area contributed by atoms with Crippen LogP contribution in [0, 0.1) is 0 Å². The molecule has 2 aromatic carbocycles. The van der Waals surface area contributed by atoms with Crippen LogP contribution in [0.1, 0.15) is 24.8 Å². The summed E-state index contributed by atoms with van der Waals surface area (Å²) in [6.07, 6.45) is 4.79. The second-order valence-electron chi connectivity index (χ2n) is 4.48. The van der Waals surface area contributed by atoms with Crippen molar-refractivity contribution in [1.82, 2.24) is 0 Å². The van der Waals surface area contributed by atoms with Crippen molar-refractivity contribution >= 4 is 6.29 Å². The highest BCUT2D eigenvalue weighted by atomic mass is 16.1. The van der Waals surface area contributed by atoms with Crippen LogP contribution in [-0.2, 0) is 11.2 Å². The van der Waals surface area contributed by atoms with E-state index in [4.69, 9.17) is 0 Å². The average molecular weight is 238 g/mol. The lowest BCUT2D eigenvalue weighted by atomic mass is 10.0. The molecule has 0 saturated carbocycles. The maximum atomic E-state index is 10.3. The first-order chi connectivity index (χ1) is 8.90. The summed E-state index contributed by atoms with van der Waals surface area (Å²) >= 11 is 0. The van der Waals surface area contributed by atoms with Crippen molar-refractivity contribution in [3.05, 3.63) is 60.2 Å². The van der Waals surface area contributed by atoms with Crippen LogP contribution in [0.3, 0.4) is 0 Å². The van der Waals surface area contributed by atoms with Gasteiger partial charge in [-0.15, -0.1) is 0 Å². The summed E-state index contributed by atoms with van der Waals surface area (Å²) in [5, 5.41) is 0. The van der Waals surface area contributed by atoms with E-state index in [0.29, 0.717) is 6.42 Å². The number of unbranched alkanes of at least 4 members (excludes halogenated alkanes) is 2. The van der Waals surface area contributed by atoms with E-state index in [2.05, 4.69) is 48.5 Å². The third-order valence-electron chi connectivity index (χ3n) is 3.07. The molecule has 0 heterocycles. The van der Waals surface area contributed by atoms with Crippen molar-refractivity contribution in [2.75, 3.05) is 0 Å². The lowest BCUT2D eigenvalue weighted by Crippen LogP contribution is -1.87. The Bertz CT molecular complexity index is 488. The van der Waals surface area contributed by atoms with Crippen molar-refractivity contribution in [2.45, 2.75) is 25.7 Å². The molecule has 92 valence electrons. The molecule has 0 fully saturated rings. The number of rotatable bonds is 6. The highest BCUT2D eigenvalue weighted by Crippen LogP contribution is 2.20. The quantitative estimate of drug-likeness (QED) is 0.542. The first kappa shape index (κ1) is 12.6. The van der Waals surface area contributed by atoms with Crippen LogP contribution in [0.4, 0.5) is 0 Å². The van der Waals surface area contributed by atoms with Crippen LogP contribution < -0.4 is 0 Å². The Morgan fingerprint density at radius 3 is 2.39 bits per heavy atom.